The first-order chi connectivity index (χ1) is 3.77. The van der Waals surface area contributed by atoms with E-state index in [0.29, 0.717) is 7.92 Å². The minimum absolute atomic E-state index is 0.527. The van der Waals surface area contributed by atoms with E-state index in [1.54, 1.807) is 0 Å². The van der Waals surface area contributed by atoms with Crippen LogP contribution in [0.1, 0.15) is 27.2 Å². The molecule has 0 amide bonds. The van der Waals surface area contributed by atoms with Crippen molar-refractivity contribution in [2.75, 3.05) is 6.16 Å². The fourth-order valence-corrected chi connectivity index (χ4v) is 4.02. The van der Waals surface area contributed by atoms with Crippen LogP contribution in [0.5, 0.6) is 0 Å². The van der Waals surface area contributed by atoms with Crippen LogP contribution in [0.3, 0.4) is 0 Å². The molecule has 0 N–H and O–H groups in total. The van der Waals surface area contributed by atoms with Crippen molar-refractivity contribution < 1.29 is 0 Å². The Morgan fingerprint density at radius 3 is 1.88 bits per heavy atom. The van der Waals surface area contributed by atoms with Crippen LogP contribution in [-0.2, 0) is 0 Å². The second kappa shape index (κ2) is 2.35. The van der Waals surface area contributed by atoms with Crippen molar-refractivity contribution in [3.05, 3.63) is 0 Å². The van der Waals surface area contributed by atoms with Crippen LogP contribution >= 0.6 is 7.92 Å². The third kappa shape index (κ3) is 1.05. The van der Waals surface area contributed by atoms with Gasteiger partial charge in [-0.25, -0.2) is 0 Å². The van der Waals surface area contributed by atoms with Crippen LogP contribution in [0.25, 0.3) is 0 Å². The van der Waals surface area contributed by atoms with Crippen molar-refractivity contribution in [3.63, 3.8) is 0 Å². The lowest BCUT2D eigenvalue weighted by molar-refractivity contribution is 1.05. The lowest BCUT2D eigenvalue weighted by Gasteiger charge is -1.89. The molecule has 1 aliphatic rings. The highest BCUT2D eigenvalue weighted by Crippen LogP contribution is 2.65. The highest BCUT2D eigenvalue weighted by Gasteiger charge is 2.40. The minimum atomic E-state index is 0.527. The van der Waals surface area contributed by atoms with Crippen molar-refractivity contribution in [2.24, 2.45) is 0 Å². The molecule has 2 unspecified atom stereocenters. The molecule has 1 rings (SSSR count). The molecule has 0 aromatic rings. The summed E-state index contributed by atoms with van der Waals surface area (Å²) in [5.41, 5.74) is 2.20. The molecule has 8 heavy (non-hydrogen) atoms. The summed E-state index contributed by atoms with van der Waals surface area (Å²) < 4.78 is 0. The molecule has 0 spiro atoms. The Balaban J connectivity index is 2.13. The first-order valence-electron chi connectivity index (χ1n) is 3.53. The number of hydrogen-bond donors (Lipinski definition) is 0. The SMILES string of the molecule is CCCP1C(C)C1C. The topological polar surface area (TPSA) is 0 Å². The van der Waals surface area contributed by atoms with Gasteiger partial charge in [0.05, 0.1) is 0 Å². The quantitative estimate of drug-likeness (QED) is 0.504. The van der Waals surface area contributed by atoms with Gasteiger partial charge < -0.3 is 0 Å². The monoisotopic (exact) mass is 130 g/mol. The molecule has 0 saturated carbocycles. The Kier molecular flexibility index (Phi) is 1.92. The van der Waals surface area contributed by atoms with E-state index in [1.165, 1.54) is 12.6 Å². The molecule has 0 nitrogen and oxygen atoms in total. The molecule has 2 atom stereocenters. The van der Waals surface area contributed by atoms with E-state index in [2.05, 4.69) is 20.8 Å². The first kappa shape index (κ1) is 6.55. The van der Waals surface area contributed by atoms with Gasteiger partial charge in [-0.1, -0.05) is 35.1 Å². The third-order valence-corrected chi connectivity index (χ3v) is 5.74. The summed E-state index contributed by atoms with van der Waals surface area (Å²) in [5.74, 6) is 0. The van der Waals surface area contributed by atoms with Gasteiger partial charge in [0, 0.05) is 0 Å². The predicted octanol–water partition coefficient (Wildman–Crippen LogP) is 2.67. The largest absolute Gasteiger partial charge is 0.0997 e. The highest BCUT2D eigenvalue weighted by molar-refractivity contribution is 7.67. The van der Waals surface area contributed by atoms with E-state index in [9.17, 15) is 0 Å². The molecule has 1 saturated heterocycles. The molecular weight excluding hydrogens is 115 g/mol. The maximum atomic E-state index is 2.39. The van der Waals surface area contributed by atoms with Gasteiger partial charge in [0.15, 0.2) is 0 Å². The van der Waals surface area contributed by atoms with Gasteiger partial charge in [0.2, 0.25) is 0 Å². The average Bonchev–Trinajstić information content (AvgIpc) is 2.25. The van der Waals surface area contributed by atoms with Gasteiger partial charge in [-0.15, -0.1) is 0 Å². The van der Waals surface area contributed by atoms with Crippen molar-refractivity contribution in [1.29, 1.82) is 0 Å². The van der Waals surface area contributed by atoms with Crippen LogP contribution in [0.4, 0.5) is 0 Å². The standard InChI is InChI=1S/C7H15P/c1-4-5-8-6(2)7(8)3/h6-7H,4-5H2,1-3H3. The normalized spacial score (nSPS) is 44.6. The van der Waals surface area contributed by atoms with E-state index >= 15 is 0 Å². The molecule has 1 aliphatic heterocycles. The number of hydrogen-bond acceptors (Lipinski definition) is 0. The molecule has 1 heterocycles. The molecule has 0 aromatic carbocycles. The smallest absolute Gasteiger partial charge is 0.0170 e. The fraction of sp³-hybridized carbons (Fsp3) is 1.00. The van der Waals surface area contributed by atoms with E-state index in [-0.39, 0.29) is 0 Å². The van der Waals surface area contributed by atoms with Gasteiger partial charge in [0.25, 0.3) is 0 Å². The Hall–Kier alpha value is 0.430. The van der Waals surface area contributed by atoms with Gasteiger partial charge in [0.1, 0.15) is 0 Å². The minimum Gasteiger partial charge on any atom is -0.0997 e. The molecule has 0 aliphatic carbocycles. The summed E-state index contributed by atoms with van der Waals surface area (Å²) >= 11 is 0. The van der Waals surface area contributed by atoms with Crippen molar-refractivity contribution in [3.8, 4) is 0 Å². The summed E-state index contributed by atoms with van der Waals surface area (Å²) in [6.45, 7) is 7.08. The number of rotatable bonds is 2. The van der Waals surface area contributed by atoms with Gasteiger partial charge in [-0.2, -0.15) is 0 Å². The Labute approximate surface area is 53.4 Å². The van der Waals surface area contributed by atoms with Gasteiger partial charge in [-0.3, -0.25) is 0 Å². The second-order valence-electron chi connectivity index (χ2n) is 2.72. The summed E-state index contributed by atoms with van der Waals surface area (Å²) in [4.78, 5) is 0. The maximum Gasteiger partial charge on any atom is -0.0170 e. The van der Waals surface area contributed by atoms with E-state index in [1.807, 2.05) is 0 Å². The van der Waals surface area contributed by atoms with Crippen LogP contribution in [0.2, 0.25) is 0 Å². The Morgan fingerprint density at radius 1 is 1.25 bits per heavy atom. The maximum absolute atomic E-state index is 2.39. The molecule has 1 fully saturated rings. The summed E-state index contributed by atoms with van der Waals surface area (Å²) in [5, 5.41) is 0. The molecule has 1 heteroatoms. The van der Waals surface area contributed by atoms with Gasteiger partial charge in [-0.05, 0) is 17.5 Å². The fourth-order valence-electron chi connectivity index (χ4n) is 1.24. The molecule has 0 bridgehead atoms. The van der Waals surface area contributed by atoms with Gasteiger partial charge >= 0.3 is 0 Å². The zero-order valence-corrected chi connectivity index (χ0v) is 6.91. The third-order valence-electron chi connectivity index (χ3n) is 2.14. The Bertz CT molecular complexity index is 72.5. The van der Waals surface area contributed by atoms with Crippen LogP contribution in [-0.4, -0.2) is 17.5 Å². The van der Waals surface area contributed by atoms with Crippen LogP contribution < -0.4 is 0 Å². The van der Waals surface area contributed by atoms with Crippen molar-refractivity contribution in [2.45, 2.75) is 38.5 Å². The predicted molar refractivity (Wildman–Crippen MR) is 41.0 cm³/mol. The molecule has 0 radical (unpaired) electrons. The lowest BCUT2D eigenvalue weighted by atomic mass is 10.4. The van der Waals surface area contributed by atoms with Crippen LogP contribution in [0.15, 0.2) is 0 Å². The average molecular weight is 130 g/mol. The highest BCUT2D eigenvalue weighted by atomic mass is 31.1. The van der Waals surface area contributed by atoms with Crippen LogP contribution in [0, 0.1) is 0 Å². The summed E-state index contributed by atoms with van der Waals surface area (Å²) in [7, 11) is 0.527. The second-order valence-corrected chi connectivity index (χ2v) is 5.82. The van der Waals surface area contributed by atoms with Crippen molar-refractivity contribution >= 4 is 7.92 Å². The van der Waals surface area contributed by atoms with E-state index in [4.69, 9.17) is 0 Å². The zero-order chi connectivity index (χ0) is 6.15. The van der Waals surface area contributed by atoms with Crippen molar-refractivity contribution in [1.82, 2.24) is 0 Å². The zero-order valence-electron chi connectivity index (χ0n) is 6.02. The summed E-state index contributed by atoms with van der Waals surface area (Å²) in [6.07, 6.45) is 2.93. The lowest BCUT2D eigenvalue weighted by Crippen LogP contribution is -1.74. The van der Waals surface area contributed by atoms with E-state index < -0.39 is 0 Å². The van der Waals surface area contributed by atoms with E-state index in [0.717, 1.165) is 11.3 Å². The summed E-state index contributed by atoms with van der Waals surface area (Å²) in [6, 6.07) is 0. The Morgan fingerprint density at radius 2 is 1.75 bits per heavy atom. The molecular formula is C7H15P. The molecule has 0 aromatic heterocycles. The molecule has 48 valence electrons. The first-order valence-corrected chi connectivity index (χ1v) is 5.19.